The summed E-state index contributed by atoms with van der Waals surface area (Å²) >= 11 is 0. The van der Waals surface area contributed by atoms with Crippen LogP contribution < -0.4 is 9.47 Å². The van der Waals surface area contributed by atoms with Gasteiger partial charge in [0.05, 0.1) is 36.0 Å². The van der Waals surface area contributed by atoms with Gasteiger partial charge in [0.25, 0.3) is 0 Å². The van der Waals surface area contributed by atoms with Gasteiger partial charge in [-0.05, 0) is 30.7 Å². The van der Waals surface area contributed by atoms with E-state index in [2.05, 4.69) is 0 Å². The van der Waals surface area contributed by atoms with Crippen LogP contribution in [-0.2, 0) is 4.74 Å². The maximum absolute atomic E-state index is 14.2. The molecule has 0 aromatic heterocycles. The minimum Gasteiger partial charge on any atom is -0.504 e. The van der Waals surface area contributed by atoms with Gasteiger partial charge < -0.3 is 24.4 Å². The second-order valence-corrected chi connectivity index (χ2v) is 9.86. The van der Waals surface area contributed by atoms with Crippen LogP contribution in [0.4, 0.5) is 0 Å². The van der Waals surface area contributed by atoms with E-state index < -0.39 is 57.4 Å². The Balaban J connectivity index is 1.99. The van der Waals surface area contributed by atoms with E-state index in [0.717, 1.165) is 19.3 Å². The van der Waals surface area contributed by atoms with E-state index in [1.165, 1.54) is 49.6 Å². The van der Waals surface area contributed by atoms with E-state index in [1.807, 2.05) is 6.92 Å². The minimum absolute atomic E-state index is 0.0124. The molecule has 9 nitrogen and oxygen atoms in total. The van der Waals surface area contributed by atoms with Crippen LogP contribution in [0, 0.1) is 0 Å². The molecule has 0 bridgehead atoms. The number of aromatic hydroxyl groups is 2. The molecule has 0 radical (unpaired) electrons. The largest absolute Gasteiger partial charge is 0.504 e. The van der Waals surface area contributed by atoms with Gasteiger partial charge in [0.15, 0.2) is 23.1 Å². The Labute approximate surface area is 254 Å². The quantitative estimate of drug-likeness (QED) is 0.0581. The molecular weight excluding hydrogens is 564 g/mol. The first kappa shape index (κ1) is 31.5. The number of ether oxygens (including phenoxy) is 3. The van der Waals surface area contributed by atoms with Crippen molar-refractivity contribution in [1.29, 1.82) is 0 Å². The molecule has 0 spiro atoms. The number of rotatable bonds is 13. The molecule has 44 heavy (non-hydrogen) atoms. The van der Waals surface area contributed by atoms with Crippen LogP contribution in [-0.4, -0.2) is 47.4 Å². The van der Waals surface area contributed by atoms with Crippen LogP contribution in [0.25, 0.3) is 0 Å². The second kappa shape index (κ2) is 14.6. The molecule has 0 amide bonds. The highest BCUT2D eigenvalue weighted by atomic mass is 16.5. The summed E-state index contributed by atoms with van der Waals surface area (Å²) in [6.07, 6.45) is 3.15. The Kier molecular flexibility index (Phi) is 10.5. The number of carbonyl (C=O) groups is 4. The molecule has 0 saturated carbocycles. The average Bonchev–Trinajstić information content (AvgIpc) is 3.06. The summed E-state index contributed by atoms with van der Waals surface area (Å²) in [4.78, 5) is 55.0. The zero-order valence-electron chi connectivity index (χ0n) is 24.4. The topological polar surface area (TPSA) is 136 Å². The van der Waals surface area contributed by atoms with Crippen molar-refractivity contribution in [2.75, 3.05) is 13.7 Å². The fraction of sp³-hybridized carbons (Fsp3) is 0.200. The van der Waals surface area contributed by atoms with Crippen molar-refractivity contribution < 1.29 is 43.6 Å². The molecule has 0 saturated heterocycles. The van der Waals surface area contributed by atoms with Gasteiger partial charge in [-0.2, -0.15) is 0 Å². The minimum atomic E-state index is -1.11. The molecule has 4 aromatic rings. The summed E-state index contributed by atoms with van der Waals surface area (Å²) in [5, 5.41) is 22.4. The van der Waals surface area contributed by atoms with Crippen LogP contribution in [0.1, 0.15) is 85.2 Å². The first-order valence-corrected chi connectivity index (χ1v) is 14.1. The van der Waals surface area contributed by atoms with E-state index >= 15 is 0 Å². The summed E-state index contributed by atoms with van der Waals surface area (Å²) in [7, 11) is 1.40. The maximum atomic E-state index is 14.2. The van der Waals surface area contributed by atoms with Gasteiger partial charge in [0.1, 0.15) is 5.75 Å². The van der Waals surface area contributed by atoms with E-state index in [0.29, 0.717) is 12.2 Å². The summed E-state index contributed by atoms with van der Waals surface area (Å²) in [5.41, 5.74) is -1.83. The highest BCUT2D eigenvalue weighted by molar-refractivity contribution is 6.24. The number of carbonyl (C=O) groups excluding carboxylic acids is 4. The molecule has 0 unspecified atom stereocenters. The van der Waals surface area contributed by atoms with Crippen molar-refractivity contribution in [2.24, 2.45) is 0 Å². The van der Waals surface area contributed by atoms with Crippen molar-refractivity contribution in [3.8, 4) is 23.0 Å². The maximum Gasteiger partial charge on any atom is 0.343 e. The van der Waals surface area contributed by atoms with Crippen molar-refractivity contribution in [3.05, 3.63) is 118 Å². The molecule has 0 aliphatic heterocycles. The second-order valence-electron chi connectivity index (χ2n) is 9.86. The summed E-state index contributed by atoms with van der Waals surface area (Å²) < 4.78 is 16.3. The molecule has 2 N–H and O–H groups in total. The number of methoxy groups -OCH3 is 1. The number of unbranched alkanes of at least 4 members (excludes halogenated alkanes) is 3. The smallest absolute Gasteiger partial charge is 0.343 e. The zero-order valence-corrected chi connectivity index (χ0v) is 24.4. The van der Waals surface area contributed by atoms with Crippen molar-refractivity contribution in [2.45, 2.75) is 32.6 Å². The lowest BCUT2D eigenvalue weighted by atomic mass is 9.88. The highest BCUT2D eigenvalue weighted by Crippen LogP contribution is 2.46. The van der Waals surface area contributed by atoms with E-state index in [4.69, 9.17) is 14.2 Å². The predicted octanol–water partition coefficient (Wildman–Crippen LogP) is 6.52. The van der Waals surface area contributed by atoms with Gasteiger partial charge in [-0.1, -0.05) is 86.8 Å². The lowest BCUT2D eigenvalue weighted by molar-refractivity contribution is 0.0489. The molecule has 0 heterocycles. The van der Waals surface area contributed by atoms with E-state index in [9.17, 15) is 29.4 Å². The van der Waals surface area contributed by atoms with Gasteiger partial charge in [0.2, 0.25) is 5.75 Å². The highest BCUT2D eigenvalue weighted by Gasteiger charge is 2.37. The first-order valence-electron chi connectivity index (χ1n) is 14.1. The van der Waals surface area contributed by atoms with Gasteiger partial charge in [-0.15, -0.1) is 0 Å². The van der Waals surface area contributed by atoms with Crippen LogP contribution >= 0.6 is 0 Å². The fourth-order valence-corrected chi connectivity index (χ4v) is 4.58. The van der Waals surface area contributed by atoms with Gasteiger partial charge in [-0.3, -0.25) is 9.59 Å². The molecular formula is C35H32O9. The number of hydrogen-bond acceptors (Lipinski definition) is 9. The van der Waals surface area contributed by atoms with Crippen LogP contribution in [0.2, 0.25) is 0 Å². The van der Waals surface area contributed by atoms with Crippen LogP contribution in [0.5, 0.6) is 23.0 Å². The molecule has 0 atom stereocenters. The molecule has 0 aliphatic carbocycles. The molecule has 4 rings (SSSR count). The Bertz CT molecular complexity index is 1660. The Hall–Kier alpha value is -5.44. The summed E-state index contributed by atoms with van der Waals surface area (Å²) in [6, 6.07) is 21.4. The van der Waals surface area contributed by atoms with Gasteiger partial charge in [0, 0.05) is 11.1 Å². The Morgan fingerprint density at radius 3 is 1.89 bits per heavy atom. The number of benzene rings is 4. The number of hydrogen-bond donors (Lipinski definition) is 2. The average molecular weight is 597 g/mol. The molecule has 9 heteroatoms. The van der Waals surface area contributed by atoms with Crippen LogP contribution in [0.15, 0.2) is 84.9 Å². The van der Waals surface area contributed by atoms with Crippen molar-refractivity contribution in [3.63, 3.8) is 0 Å². The predicted molar refractivity (Wildman–Crippen MR) is 162 cm³/mol. The Morgan fingerprint density at radius 1 is 0.636 bits per heavy atom. The Morgan fingerprint density at radius 2 is 1.25 bits per heavy atom. The summed E-state index contributed by atoms with van der Waals surface area (Å²) in [6.45, 7) is 1.99. The van der Waals surface area contributed by atoms with E-state index in [-0.39, 0.29) is 23.3 Å². The molecule has 0 aliphatic rings. The number of phenolic OH excluding ortho intramolecular Hbond substituents is 2. The summed E-state index contributed by atoms with van der Waals surface area (Å²) in [5.74, 6) is -6.46. The number of esters is 2. The molecule has 226 valence electrons. The lowest BCUT2D eigenvalue weighted by Gasteiger charge is -2.20. The molecule has 0 fully saturated rings. The number of ketones is 2. The van der Waals surface area contributed by atoms with Gasteiger partial charge >= 0.3 is 11.9 Å². The van der Waals surface area contributed by atoms with Crippen LogP contribution in [0.3, 0.4) is 0 Å². The monoisotopic (exact) mass is 596 g/mol. The fourth-order valence-electron chi connectivity index (χ4n) is 4.58. The third kappa shape index (κ3) is 6.95. The third-order valence-electron chi connectivity index (χ3n) is 6.86. The lowest BCUT2D eigenvalue weighted by Crippen LogP contribution is -2.22. The number of phenols is 2. The zero-order chi connectivity index (χ0) is 31.6. The third-order valence-corrected chi connectivity index (χ3v) is 6.86. The van der Waals surface area contributed by atoms with Crippen molar-refractivity contribution in [1.82, 2.24) is 0 Å². The van der Waals surface area contributed by atoms with Crippen molar-refractivity contribution >= 4 is 23.5 Å². The SMILES string of the molecule is CCCCCCOC(=O)c1c(C(=O)c2ccccc2)c(O)c(O)c(OC(=O)c2ccccc2)c1C(=O)c1cccc(OC)c1. The van der Waals surface area contributed by atoms with Gasteiger partial charge in [-0.25, -0.2) is 9.59 Å². The molecule has 4 aromatic carbocycles. The standard InChI is InChI=1S/C35H32O9/c1-3-4-5-12-20-43-35(41)26-27(29(36)22-14-8-6-9-15-22)31(38)32(39)33(44-34(40)23-16-10-7-11-17-23)28(26)30(37)24-18-13-19-25(21-24)42-2/h6-11,13-19,21,38-39H,3-5,12,20H2,1-2H3. The van der Waals surface area contributed by atoms with E-state index in [1.54, 1.807) is 42.5 Å². The first-order chi connectivity index (χ1) is 21.3. The normalized spacial score (nSPS) is 10.6.